The van der Waals surface area contributed by atoms with Crippen LogP contribution in [0.5, 0.6) is 17.2 Å². The van der Waals surface area contributed by atoms with Crippen LogP contribution in [0.3, 0.4) is 0 Å². The second-order valence-electron chi connectivity index (χ2n) is 22.3. The summed E-state index contributed by atoms with van der Waals surface area (Å²) in [5.74, 6) is 0.793. The van der Waals surface area contributed by atoms with E-state index in [2.05, 4.69) is 120 Å². The number of aromatic hydroxyl groups is 1. The molecule has 430 valence electrons. The van der Waals surface area contributed by atoms with Crippen molar-refractivity contribution in [3.8, 4) is 39.5 Å². The summed E-state index contributed by atoms with van der Waals surface area (Å²) in [6, 6.07) is 54.2. The number of para-hydroxylation sites is 4. The highest BCUT2D eigenvalue weighted by Gasteiger charge is 2.38. The molecule has 0 radical (unpaired) electrons. The Bertz CT molecular complexity index is 3740. The number of nitrogens with zero attached hydrogens (tertiary/aromatic N) is 8. The molecule has 0 spiro atoms. The molecule has 84 heavy (non-hydrogen) atoms. The third kappa shape index (κ3) is 12.1. The molecular formula is C67H70N10O7. The number of nitrogens with one attached hydrogen (secondary N) is 2. The first-order valence-corrected chi connectivity index (χ1v) is 29.2. The lowest BCUT2D eigenvalue weighted by atomic mass is 10.0. The number of imidazole rings is 1. The number of β-amino-alcohol motifs (C(OH)–C–C–N with tert-alkyl or cyclic N) is 2. The number of ether oxygens (including phenoxy) is 1. The van der Waals surface area contributed by atoms with Crippen LogP contribution in [0.15, 0.2) is 179 Å². The van der Waals surface area contributed by atoms with Crippen LogP contribution in [0.2, 0.25) is 0 Å². The maximum Gasteiger partial charge on any atom is 0.329 e. The first kappa shape index (κ1) is 56.0. The van der Waals surface area contributed by atoms with Crippen LogP contribution in [-0.2, 0) is 22.7 Å². The molecule has 2 aliphatic carbocycles. The van der Waals surface area contributed by atoms with E-state index in [0.717, 1.165) is 80.1 Å². The van der Waals surface area contributed by atoms with Crippen LogP contribution in [0.25, 0.3) is 33.3 Å². The smallest absolute Gasteiger partial charge is 0.329 e. The highest BCUT2D eigenvalue weighted by molar-refractivity contribution is 5.88. The molecule has 5 N–H and O–H groups in total. The van der Waals surface area contributed by atoms with Gasteiger partial charge in [-0.05, 0) is 94.3 Å². The van der Waals surface area contributed by atoms with Crippen molar-refractivity contribution in [1.29, 1.82) is 0 Å². The van der Waals surface area contributed by atoms with Gasteiger partial charge in [0.25, 0.3) is 0 Å². The van der Waals surface area contributed by atoms with Gasteiger partial charge in [0.1, 0.15) is 17.2 Å². The van der Waals surface area contributed by atoms with Crippen molar-refractivity contribution < 1.29 is 29.6 Å². The molecule has 3 unspecified atom stereocenters. The number of aromatic nitrogens is 2. The third-order valence-electron chi connectivity index (χ3n) is 16.8. The fourth-order valence-corrected chi connectivity index (χ4v) is 12.8. The molecule has 2 fully saturated rings. The number of hydrazone groups is 2. The number of hydrogen-bond donors (Lipinski definition) is 5. The average molecular weight is 1130 g/mol. The van der Waals surface area contributed by atoms with Crippen molar-refractivity contribution in [3.63, 3.8) is 0 Å². The summed E-state index contributed by atoms with van der Waals surface area (Å²) in [7, 11) is 0. The minimum Gasteiger partial charge on any atom is -0.507 e. The summed E-state index contributed by atoms with van der Waals surface area (Å²) in [5.41, 5.74) is 17.3. The number of piperazine rings is 2. The van der Waals surface area contributed by atoms with Gasteiger partial charge in [0.2, 0.25) is 11.8 Å². The zero-order valence-electron chi connectivity index (χ0n) is 46.9. The molecule has 17 heteroatoms. The zero-order valence-corrected chi connectivity index (χ0v) is 46.9. The molecule has 3 atom stereocenters. The summed E-state index contributed by atoms with van der Waals surface area (Å²) in [6.45, 7) is 7.58. The van der Waals surface area contributed by atoms with E-state index in [1.54, 1.807) is 33.5 Å². The number of carbonyl (C=O) groups excluding carboxylic acids is 2. The van der Waals surface area contributed by atoms with E-state index < -0.39 is 12.2 Å². The lowest BCUT2D eigenvalue weighted by Gasteiger charge is -2.39. The quantitative estimate of drug-likeness (QED) is 0.0267. The van der Waals surface area contributed by atoms with Gasteiger partial charge in [-0.2, -0.15) is 10.2 Å². The van der Waals surface area contributed by atoms with E-state index in [1.165, 1.54) is 40.1 Å². The fourth-order valence-electron chi connectivity index (χ4n) is 12.8. The first-order valence-electron chi connectivity index (χ1n) is 29.2. The van der Waals surface area contributed by atoms with Gasteiger partial charge >= 0.3 is 5.69 Å². The van der Waals surface area contributed by atoms with Crippen molar-refractivity contribution in [3.05, 3.63) is 208 Å². The van der Waals surface area contributed by atoms with Crippen molar-refractivity contribution in [1.82, 2.24) is 39.6 Å². The molecule has 2 amide bonds. The van der Waals surface area contributed by atoms with Crippen LogP contribution >= 0.6 is 0 Å². The second-order valence-corrected chi connectivity index (χ2v) is 22.3. The van der Waals surface area contributed by atoms with E-state index in [0.29, 0.717) is 48.6 Å². The van der Waals surface area contributed by atoms with E-state index in [9.17, 15) is 29.7 Å². The van der Waals surface area contributed by atoms with Crippen LogP contribution in [0.4, 0.5) is 0 Å². The third-order valence-corrected chi connectivity index (χ3v) is 16.8. The number of phenols is 1. The molecule has 17 nitrogen and oxygen atoms in total. The maximum atomic E-state index is 14.3. The minimum absolute atomic E-state index is 0.00490. The van der Waals surface area contributed by atoms with Crippen LogP contribution in [0.1, 0.15) is 71.1 Å². The number of hydrogen-bond acceptors (Lipinski definition) is 13. The Morgan fingerprint density at radius 1 is 0.500 bits per heavy atom. The predicted molar refractivity (Wildman–Crippen MR) is 326 cm³/mol. The van der Waals surface area contributed by atoms with Crippen molar-refractivity contribution in [2.24, 2.45) is 10.2 Å². The van der Waals surface area contributed by atoms with Gasteiger partial charge in [-0.1, -0.05) is 121 Å². The Labute approximate surface area is 488 Å². The summed E-state index contributed by atoms with van der Waals surface area (Å²) < 4.78 is 10.1. The molecule has 2 aliphatic heterocycles. The highest BCUT2D eigenvalue weighted by atomic mass is 16.5. The van der Waals surface area contributed by atoms with Gasteiger partial charge in [-0.25, -0.2) is 15.6 Å². The second kappa shape index (κ2) is 25.5. The molecule has 3 heterocycles. The zero-order chi connectivity index (χ0) is 57.5. The number of amides is 2. The van der Waals surface area contributed by atoms with Gasteiger partial charge in [0, 0.05) is 95.0 Å². The molecule has 1 aromatic heterocycles. The lowest BCUT2D eigenvalue weighted by molar-refractivity contribution is -0.123. The number of carbonyl (C=O) groups is 2. The Kier molecular flexibility index (Phi) is 17.0. The number of phenolic OH excluding ortho intramolecular Hbond substituents is 1. The number of benzene rings is 7. The van der Waals surface area contributed by atoms with E-state index in [-0.39, 0.29) is 61.3 Å². The summed E-state index contributed by atoms with van der Waals surface area (Å²) in [4.78, 5) is 48.8. The molecular weight excluding hydrogens is 1060 g/mol. The summed E-state index contributed by atoms with van der Waals surface area (Å²) >= 11 is 0. The summed E-state index contributed by atoms with van der Waals surface area (Å²) in [5, 5.41) is 41.3. The monoisotopic (exact) mass is 1130 g/mol. The normalized spacial score (nSPS) is 17.3. The van der Waals surface area contributed by atoms with Gasteiger partial charge in [-0.15, -0.1) is 0 Å². The number of rotatable bonds is 21. The fraction of sp³-hybridized carbons (Fsp3) is 0.299. The standard InChI is InChI=1S/C67H70N10O7/c78-48(42-72-32-36-74(37-33-72)65-53-21-6-3-18-50(53)51-19-4-7-22-54(51)65)44-76-57-25-9-10-26-58(57)77(67(76)83)45-49(79)43-73-34-38-75(39-35-73)66-55-23-8-5-20-52(55)64-56(66)24-15-29-61(64)84-60-28-12-2-17-47(60)41-69-71-63(82)31-14-13-30-62(81)70-68-40-46-16-1-11-27-59(46)80/h1-12,15-29,40-41,48-49,65-66,78-80H,13-14,30-39,42-45H2,(H,70,81)(H,71,82)/b68-40+,69-41+. The largest absolute Gasteiger partial charge is 0.507 e. The minimum atomic E-state index is -0.799. The van der Waals surface area contributed by atoms with Crippen molar-refractivity contribution >= 4 is 35.3 Å². The van der Waals surface area contributed by atoms with Crippen molar-refractivity contribution in [2.45, 2.75) is 63.1 Å². The number of fused-ring (bicyclic) bond motifs is 7. The van der Waals surface area contributed by atoms with Gasteiger partial charge in [0.15, 0.2) is 0 Å². The van der Waals surface area contributed by atoms with E-state index >= 15 is 0 Å². The number of unbranched alkanes of at least 4 members (excludes halogenated alkanes) is 1. The molecule has 12 rings (SSSR count). The van der Waals surface area contributed by atoms with Gasteiger partial charge < -0.3 is 20.1 Å². The lowest BCUT2D eigenvalue weighted by Crippen LogP contribution is -2.50. The number of aliphatic hydroxyl groups excluding tert-OH is 2. The van der Waals surface area contributed by atoms with Crippen molar-refractivity contribution in [2.75, 3.05) is 65.4 Å². The average Bonchev–Trinajstić information content (AvgIpc) is 3.19. The van der Waals surface area contributed by atoms with Gasteiger partial charge in [0.05, 0.1) is 60.8 Å². The Morgan fingerprint density at radius 2 is 0.929 bits per heavy atom. The Morgan fingerprint density at radius 3 is 1.49 bits per heavy atom. The molecule has 8 aromatic rings. The Balaban J connectivity index is 0.628. The first-order chi connectivity index (χ1) is 41.1. The van der Waals surface area contributed by atoms with Crippen LogP contribution in [0, 0.1) is 0 Å². The highest BCUT2D eigenvalue weighted by Crippen LogP contribution is 2.51. The Hall–Kier alpha value is -8.55. The maximum absolute atomic E-state index is 14.3. The molecule has 7 aromatic carbocycles. The molecule has 4 aliphatic rings. The topological polar surface area (TPSA) is 193 Å². The van der Waals surface area contributed by atoms with E-state index in [1.807, 2.05) is 60.7 Å². The molecule has 2 saturated heterocycles. The predicted octanol–water partition coefficient (Wildman–Crippen LogP) is 7.96. The SMILES string of the molecule is O=C(CCCCC(=O)N/N=C/c1ccccc1Oc1cccc2c1-c1ccccc1C2N1CCN(CC(O)Cn2c(=O)n(CC(O)CN3CCN(C4c5ccccc5-c5ccccc54)CC3)c3ccccc32)CC1)N/N=C/c1ccccc1O. The van der Waals surface area contributed by atoms with Crippen LogP contribution < -0.4 is 21.3 Å². The van der Waals surface area contributed by atoms with Crippen LogP contribution in [-0.4, -0.2) is 146 Å². The molecule has 0 saturated carbocycles. The summed E-state index contributed by atoms with van der Waals surface area (Å²) in [6.07, 6.45) is 2.75. The number of aliphatic hydroxyl groups is 2. The van der Waals surface area contributed by atoms with E-state index in [4.69, 9.17) is 4.74 Å². The molecule has 0 bridgehead atoms. The van der Waals surface area contributed by atoms with Gasteiger partial charge in [-0.3, -0.25) is 38.3 Å².